The van der Waals surface area contributed by atoms with Crippen LogP contribution in [0.25, 0.3) is 0 Å². The first kappa shape index (κ1) is 17.5. The van der Waals surface area contributed by atoms with Crippen molar-refractivity contribution < 1.29 is 14.2 Å². The molecule has 128 valence electrons. The van der Waals surface area contributed by atoms with Gasteiger partial charge in [-0.1, -0.05) is 12.1 Å². The molecule has 0 aromatic heterocycles. The molecular weight excluding hydrogens is 306 g/mol. The molecule has 6 nitrogen and oxygen atoms in total. The fourth-order valence-electron chi connectivity index (χ4n) is 2.17. The molecule has 0 amide bonds. The number of methoxy groups -OCH3 is 2. The van der Waals surface area contributed by atoms with Gasteiger partial charge in [0.2, 0.25) is 0 Å². The van der Waals surface area contributed by atoms with E-state index in [1.807, 2.05) is 37.3 Å². The third-order valence-corrected chi connectivity index (χ3v) is 3.31. The molecule has 0 radical (unpaired) electrons. The van der Waals surface area contributed by atoms with Crippen molar-refractivity contribution in [1.82, 2.24) is 0 Å². The van der Waals surface area contributed by atoms with Crippen LogP contribution in [0.5, 0.6) is 17.2 Å². The lowest BCUT2D eigenvalue weighted by Crippen LogP contribution is -2.23. The van der Waals surface area contributed by atoms with Crippen LogP contribution in [0.1, 0.15) is 12.5 Å². The zero-order valence-corrected chi connectivity index (χ0v) is 14.2. The highest BCUT2D eigenvalue weighted by Crippen LogP contribution is 2.28. The molecule has 0 bridgehead atoms. The number of benzene rings is 2. The van der Waals surface area contributed by atoms with Gasteiger partial charge in [-0.3, -0.25) is 0 Å². The number of nitrogens with one attached hydrogen (secondary N) is 1. The fraction of sp³-hybridized carbons (Fsp3) is 0.278. The average molecular weight is 329 g/mol. The van der Waals surface area contributed by atoms with E-state index in [0.717, 1.165) is 11.3 Å². The molecule has 0 heterocycles. The second kappa shape index (κ2) is 8.67. The topological polar surface area (TPSA) is 78.1 Å². The van der Waals surface area contributed by atoms with E-state index in [2.05, 4.69) is 10.3 Å². The quantitative estimate of drug-likeness (QED) is 0.603. The van der Waals surface area contributed by atoms with E-state index in [1.54, 1.807) is 26.4 Å². The van der Waals surface area contributed by atoms with Crippen molar-refractivity contribution in [2.45, 2.75) is 13.5 Å². The first-order chi connectivity index (χ1) is 11.7. The molecule has 2 rings (SSSR count). The van der Waals surface area contributed by atoms with E-state index in [4.69, 9.17) is 19.9 Å². The smallest absolute Gasteiger partial charge is 0.193 e. The van der Waals surface area contributed by atoms with Crippen molar-refractivity contribution in [3.05, 3.63) is 48.0 Å². The van der Waals surface area contributed by atoms with Gasteiger partial charge in [0, 0.05) is 6.07 Å². The van der Waals surface area contributed by atoms with E-state index in [1.165, 1.54) is 0 Å². The van der Waals surface area contributed by atoms with Gasteiger partial charge < -0.3 is 25.3 Å². The minimum absolute atomic E-state index is 0.295. The summed E-state index contributed by atoms with van der Waals surface area (Å²) in [6, 6.07) is 13.2. The number of nitrogens with zero attached hydrogens (tertiary/aromatic N) is 1. The molecule has 0 aliphatic rings. The highest BCUT2D eigenvalue weighted by atomic mass is 16.5. The van der Waals surface area contributed by atoms with E-state index in [-0.39, 0.29) is 0 Å². The highest BCUT2D eigenvalue weighted by Gasteiger charge is 2.06. The summed E-state index contributed by atoms with van der Waals surface area (Å²) in [5.74, 6) is 2.48. The van der Waals surface area contributed by atoms with Crippen LogP contribution in [0.4, 0.5) is 5.69 Å². The molecule has 0 fully saturated rings. The van der Waals surface area contributed by atoms with Gasteiger partial charge in [0.25, 0.3) is 0 Å². The van der Waals surface area contributed by atoms with Gasteiger partial charge in [-0.2, -0.15) is 0 Å². The van der Waals surface area contributed by atoms with Crippen molar-refractivity contribution in [1.29, 1.82) is 0 Å². The standard InChI is InChI=1S/C18H23N3O3/c1-4-24-15-7-5-6-13(10-15)12-20-18(19)21-16-11-14(22-2)8-9-17(16)23-3/h5-11H,4,12H2,1-3H3,(H3,19,20,21). The van der Waals surface area contributed by atoms with Gasteiger partial charge in [0.05, 0.1) is 33.1 Å². The molecule has 3 N–H and O–H groups in total. The molecule has 24 heavy (non-hydrogen) atoms. The molecular formula is C18H23N3O3. The normalized spacial score (nSPS) is 11.0. The Labute approximate surface area is 142 Å². The molecule has 2 aromatic rings. The number of hydrogen-bond donors (Lipinski definition) is 2. The van der Waals surface area contributed by atoms with Gasteiger partial charge in [0.1, 0.15) is 17.2 Å². The van der Waals surface area contributed by atoms with Crippen LogP contribution < -0.4 is 25.3 Å². The van der Waals surface area contributed by atoms with Gasteiger partial charge in [-0.25, -0.2) is 4.99 Å². The lowest BCUT2D eigenvalue weighted by atomic mass is 10.2. The maximum absolute atomic E-state index is 5.98. The maximum atomic E-state index is 5.98. The molecule has 0 spiro atoms. The Bertz CT molecular complexity index is 702. The summed E-state index contributed by atoms with van der Waals surface area (Å²) < 4.78 is 16.0. The van der Waals surface area contributed by atoms with E-state index in [0.29, 0.717) is 36.3 Å². The Morgan fingerprint density at radius 1 is 1.08 bits per heavy atom. The summed E-state index contributed by atoms with van der Waals surface area (Å²) in [5.41, 5.74) is 7.69. The minimum Gasteiger partial charge on any atom is -0.497 e. The van der Waals surface area contributed by atoms with E-state index in [9.17, 15) is 0 Å². The third kappa shape index (κ3) is 4.81. The van der Waals surface area contributed by atoms with Gasteiger partial charge in [0.15, 0.2) is 5.96 Å². The number of rotatable bonds is 7. The zero-order valence-electron chi connectivity index (χ0n) is 14.2. The summed E-state index contributed by atoms with van der Waals surface area (Å²) >= 11 is 0. The lowest BCUT2D eigenvalue weighted by molar-refractivity contribution is 0.340. The van der Waals surface area contributed by atoms with Crippen LogP contribution in [0.15, 0.2) is 47.5 Å². The number of nitrogens with two attached hydrogens (primary N) is 1. The molecule has 0 aliphatic carbocycles. The van der Waals surface area contributed by atoms with Crippen LogP contribution in [0.3, 0.4) is 0 Å². The molecule has 0 atom stereocenters. The fourth-order valence-corrected chi connectivity index (χ4v) is 2.17. The Kier molecular flexibility index (Phi) is 6.31. The third-order valence-electron chi connectivity index (χ3n) is 3.31. The lowest BCUT2D eigenvalue weighted by Gasteiger charge is -2.12. The van der Waals surface area contributed by atoms with Crippen LogP contribution in [-0.4, -0.2) is 26.8 Å². The van der Waals surface area contributed by atoms with Crippen LogP contribution in [0.2, 0.25) is 0 Å². The average Bonchev–Trinajstić information content (AvgIpc) is 2.60. The zero-order chi connectivity index (χ0) is 17.4. The highest BCUT2D eigenvalue weighted by molar-refractivity contribution is 5.94. The summed E-state index contributed by atoms with van der Waals surface area (Å²) in [6.45, 7) is 3.03. The number of hydrogen-bond acceptors (Lipinski definition) is 4. The van der Waals surface area contributed by atoms with Gasteiger partial charge in [-0.05, 0) is 36.8 Å². The maximum Gasteiger partial charge on any atom is 0.193 e. The van der Waals surface area contributed by atoms with Crippen LogP contribution in [-0.2, 0) is 6.54 Å². The number of guanidine groups is 1. The van der Waals surface area contributed by atoms with Crippen molar-refractivity contribution in [3.63, 3.8) is 0 Å². The van der Waals surface area contributed by atoms with Crippen molar-refractivity contribution in [2.24, 2.45) is 10.7 Å². The summed E-state index contributed by atoms with van der Waals surface area (Å²) in [4.78, 5) is 4.35. The van der Waals surface area contributed by atoms with Gasteiger partial charge in [-0.15, -0.1) is 0 Å². The second-order valence-corrected chi connectivity index (χ2v) is 4.97. The van der Waals surface area contributed by atoms with Crippen molar-refractivity contribution in [2.75, 3.05) is 26.1 Å². The predicted octanol–water partition coefficient (Wildman–Crippen LogP) is 3.03. The summed E-state index contributed by atoms with van der Waals surface area (Å²) in [7, 11) is 3.20. The summed E-state index contributed by atoms with van der Waals surface area (Å²) in [6.07, 6.45) is 0. The molecule has 0 aliphatic heterocycles. The molecule has 6 heteroatoms. The number of anilines is 1. The number of aliphatic imine (C=N–C) groups is 1. The monoisotopic (exact) mass is 329 g/mol. The molecule has 0 unspecified atom stereocenters. The SMILES string of the molecule is CCOc1cccc(CN=C(N)Nc2cc(OC)ccc2OC)c1. The van der Waals surface area contributed by atoms with Crippen LogP contribution >= 0.6 is 0 Å². The Hall–Kier alpha value is -2.89. The number of ether oxygens (including phenoxy) is 3. The largest absolute Gasteiger partial charge is 0.497 e. The first-order valence-electron chi connectivity index (χ1n) is 7.67. The first-order valence-corrected chi connectivity index (χ1v) is 7.67. The van der Waals surface area contributed by atoms with Gasteiger partial charge >= 0.3 is 0 Å². The van der Waals surface area contributed by atoms with E-state index < -0.39 is 0 Å². The Balaban J connectivity index is 2.07. The molecule has 0 saturated carbocycles. The molecule has 2 aromatic carbocycles. The van der Waals surface area contributed by atoms with Crippen LogP contribution in [0, 0.1) is 0 Å². The Morgan fingerprint density at radius 3 is 2.62 bits per heavy atom. The molecule has 0 saturated heterocycles. The van der Waals surface area contributed by atoms with Crippen molar-refractivity contribution >= 4 is 11.6 Å². The van der Waals surface area contributed by atoms with Crippen molar-refractivity contribution in [3.8, 4) is 17.2 Å². The second-order valence-electron chi connectivity index (χ2n) is 4.97. The Morgan fingerprint density at radius 2 is 1.92 bits per heavy atom. The summed E-state index contributed by atoms with van der Waals surface area (Å²) in [5, 5.41) is 3.04. The minimum atomic E-state index is 0.295. The predicted molar refractivity (Wildman–Crippen MR) is 96.1 cm³/mol. The van der Waals surface area contributed by atoms with E-state index >= 15 is 0 Å².